The van der Waals surface area contributed by atoms with Gasteiger partial charge in [-0.25, -0.2) is 13.8 Å². The molecule has 0 amide bonds. The van der Waals surface area contributed by atoms with Crippen molar-refractivity contribution >= 4 is 15.7 Å². The Bertz CT molecular complexity index is 737. The molecule has 2 aromatic rings. The Kier molecular flexibility index (Phi) is 3.85. The van der Waals surface area contributed by atoms with Crippen LogP contribution in [0.3, 0.4) is 0 Å². The summed E-state index contributed by atoms with van der Waals surface area (Å²) < 4.78 is 25.4. The van der Waals surface area contributed by atoms with Crippen molar-refractivity contribution in [3.63, 3.8) is 0 Å². The quantitative estimate of drug-likeness (QED) is 0.881. The van der Waals surface area contributed by atoms with Crippen LogP contribution >= 0.6 is 0 Å². The van der Waals surface area contributed by atoms with Gasteiger partial charge in [0.2, 0.25) is 0 Å². The summed E-state index contributed by atoms with van der Waals surface area (Å²) in [6.07, 6.45) is 3.04. The van der Waals surface area contributed by atoms with Gasteiger partial charge >= 0.3 is 5.97 Å². The molecule has 0 spiro atoms. The van der Waals surface area contributed by atoms with Crippen molar-refractivity contribution in [2.45, 2.75) is 16.7 Å². The lowest BCUT2D eigenvalue weighted by Gasteiger charge is -2.10. The molecule has 1 heterocycles. The van der Waals surface area contributed by atoms with Crippen molar-refractivity contribution in [3.05, 3.63) is 53.9 Å². The number of hydrogen-bond donors (Lipinski definition) is 1. The second kappa shape index (κ2) is 5.42. The van der Waals surface area contributed by atoms with Crippen LogP contribution in [0.4, 0.5) is 0 Å². The van der Waals surface area contributed by atoms with Crippen molar-refractivity contribution in [2.24, 2.45) is 0 Å². The molecule has 0 aliphatic carbocycles. The number of hydrogen-bond acceptors (Lipinski definition) is 5. The Morgan fingerprint density at radius 2 is 1.90 bits per heavy atom. The molecule has 0 saturated heterocycles. The van der Waals surface area contributed by atoms with Crippen LogP contribution in [0.1, 0.15) is 15.9 Å². The number of pyridine rings is 1. The first kappa shape index (κ1) is 14.2. The maximum atomic E-state index is 12.7. The van der Waals surface area contributed by atoms with E-state index in [1.165, 1.54) is 37.6 Å². The molecule has 1 N–H and O–H groups in total. The number of methoxy groups -OCH3 is 1. The van der Waals surface area contributed by atoms with E-state index in [2.05, 4.69) is 9.72 Å². The Labute approximate surface area is 117 Å². The fourth-order valence-electron chi connectivity index (χ4n) is 1.78. The molecule has 104 valence electrons. The largest absolute Gasteiger partial charge is 0.465 e. The number of esters is 1. The van der Waals surface area contributed by atoms with Crippen molar-refractivity contribution < 1.29 is 13.7 Å². The van der Waals surface area contributed by atoms with Crippen LogP contribution in [0.2, 0.25) is 0 Å². The number of nitrogens with zero attached hydrogens (tertiary/aromatic N) is 1. The van der Waals surface area contributed by atoms with E-state index in [9.17, 15) is 9.00 Å². The number of rotatable bonds is 3. The van der Waals surface area contributed by atoms with Gasteiger partial charge in [0.25, 0.3) is 0 Å². The lowest BCUT2D eigenvalue weighted by Crippen LogP contribution is -2.05. The minimum absolute atomic E-state index is 0.334. The molecule has 1 aromatic carbocycles. The average Bonchev–Trinajstić information content (AvgIpc) is 2.47. The fraction of sp³-hybridized carbons (Fsp3) is 0.143. The minimum Gasteiger partial charge on any atom is -0.465 e. The van der Waals surface area contributed by atoms with Crippen molar-refractivity contribution in [3.8, 4) is 0 Å². The van der Waals surface area contributed by atoms with Crippen LogP contribution in [-0.4, -0.2) is 22.3 Å². The van der Waals surface area contributed by atoms with Gasteiger partial charge in [0, 0.05) is 12.4 Å². The summed E-state index contributed by atoms with van der Waals surface area (Å²) >= 11 is 0. The van der Waals surface area contributed by atoms with Gasteiger partial charge in [0.05, 0.1) is 22.5 Å². The highest BCUT2D eigenvalue weighted by molar-refractivity contribution is 7.92. The first-order valence-corrected chi connectivity index (χ1v) is 7.40. The van der Waals surface area contributed by atoms with E-state index in [0.717, 1.165) is 5.56 Å². The average molecular weight is 290 g/mol. The number of carbonyl (C=O) groups is 1. The lowest BCUT2D eigenvalue weighted by atomic mass is 10.2. The molecule has 0 radical (unpaired) electrons. The van der Waals surface area contributed by atoms with E-state index in [1.54, 1.807) is 19.2 Å². The predicted molar refractivity (Wildman–Crippen MR) is 74.1 cm³/mol. The molecule has 6 heteroatoms. The number of carbonyl (C=O) groups excluding carboxylic acids is 1. The topological polar surface area (TPSA) is 80.1 Å². The van der Waals surface area contributed by atoms with Crippen LogP contribution in [0.25, 0.3) is 0 Å². The second-order valence-corrected chi connectivity index (χ2v) is 6.24. The van der Waals surface area contributed by atoms with Crippen LogP contribution < -0.4 is 0 Å². The van der Waals surface area contributed by atoms with Crippen LogP contribution in [0, 0.1) is 11.7 Å². The molecule has 0 bridgehead atoms. The molecule has 0 fully saturated rings. The molecular formula is C14H14N2O3S. The summed E-state index contributed by atoms with van der Waals surface area (Å²) in [6, 6.07) is 7.73. The SMILES string of the molecule is COC(=O)c1ccc(S(=N)(=O)c2cnccc2C)cc1. The smallest absolute Gasteiger partial charge is 0.337 e. The zero-order valence-electron chi connectivity index (χ0n) is 11.1. The van der Waals surface area contributed by atoms with E-state index in [0.29, 0.717) is 15.4 Å². The molecule has 20 heavy (non-hydrogen) atoms. The van der Waals surface area contributed by atoms with Gasteiger partial charge < -0.3 is 4.74 Å². The first-order chi connectivity index (χ1) is 9.46. The van der Waals surface area contributed by atoms with Gasteiger partial charge in [-0.2, -0.15) is 0 Å². The third-order valence-corrected chi connectivity index (χ3v) is 4.89. The van der Waals surface area contributed by atoms with E-state index >= 15 is 0 Å². The molecule has 0 saturated carbocycles. The molecule has 0 aliphatic heterocycles. The Hall–Kier alpha value is -2.21. The molecular weight excluding hydrogens is 276 g/mol. The van der Waals surface area contributed by atoms with E-state index in [1.807, 2.05) is 0 Å². The van der Waals surface area contributed by atoms with Gasteiger partial charge in [-0.3, -0.25) is 4.98 Å². The van der Waals surface area contributed by atoms with E-state index in [4.69, 9.17) is 4.78 Å². The van der Waals surface area contributed by atoms with Crippen molar-refractivity contribution in [1.29, 1.82) is 4.78 Å². The molecule has 1 aromatic heterocycles. The van der Waals surface area contributed by atoms with Gasteiger partial charge in [-0.1, -0.05) is 0 Å². The van der Waals surface area contributed by atoms with Crippen LogP contribution in [0.5, 0.6) is 0 Å². The number of ether oxygens (including phenoxy) is 1. The van der Waals surface area contributed by atoms with E-state index in [-0.39, 0.29) is 0 Å². The summed E-state index contributed by atoms with van der Waals surface area (Å²) in [4.78, 5) is 16.0. The highest BCUT2D eigenvalue weighted by atomic mass is 32.2. The normalized spacial score (nSPS) is 13.5. The summed E-state index contributed by atoms with van der Waals surface area (Å²) in [5.41, 5.74) is 1.10. The Morgan fingerprint density at radius 3 is 2.45 bits per heavy atom. The fourth-order valence-corrected chi connectivity index (χ4v) is 3.28. The zero-order chi connectivity index (χ0) is 14.8. The third kappa shape index (κ3) is 2.55. The zero-order valence-corrected chi connectivity index (χ0v) is 11.9. The molecule has 0 aliphatic rings. The highest BCUT2D eigenvalue weighted by Crippen LogP contribution is 2.24. The summed E-state index contributed by atoms with van der Waals surface area (Å²) in [5.74, 6) is -0.467. The number of aromatic nitrogens is 1. The molecule has 2 rings (SSSR count). The molecule has 1 atom stereocenters. The lowest BCUT2D eigenvalue weighted by molar-refractivity contribution is 0.0600. The summed E-state index contributed by atoms with van der Waals surface area (Å²) in [6.45, 7) is 1.79. The standard InChI is InChI=1S/C14H14N2O3S/c1-10-7-8-16-9-13(10)20(15,18)12-5-3-11(4-6-12)14(17)19-2/h3-9,15H,1-2H3. The summed E-state index contributed by atoms with van der Waals surface area (Å²) in [7, 11) is -1.84. The van der Waals surface area contributed by atoms with Gasteiger partial charge in [-0.15, -0.1) is 0 Å². The number of aryl methyl sites for hydroxylation is 1. The van der Waals surface area contributed by atoms with Crippen molar-refractivity contribution in [1.82, 2.24) is 4.98 Å². The van der Waals surface area contributed by atoms with Gasteiger partial charge in [-0.05, 0) is 42.8 Å². The van der Waals surface area contributed by atoms with Gasteiger partial charge in [0.15, 0.2) is 0 Å². The number of nitrogens with one attached hydrogen (secondary N) is 1. The summed E-state index contributed by atoms with van der Waals surface area (Å²) in [5, 5.41) is 0. The van der Waals surface area contributed by atoms with Crippen molar-refractivity contribution in [2.75, 3.05) is 7.11 Å². The third-order valence-electron chi connectivity index (χ3n) is 2.91. The Morgan fingerprint density at radius 1 is 1.25 bits per heavy atom. The maximum absolute atomic E-state index is 12.7. The number of benzene rings is 1. The van der Waals surface area contributed by atoms with Crippen LogP contribution in [0.15, 0.2) is 52.5 Å². The van der Waals surface area contributed by atoms with Crippen LogP contribution in [-0.2, 0) is 14.5 Å². The minimum atomic E-state index is -3.13. The second-order valence-electron chi connectivity index (χ2n) is 4.21. The Balaban J connectivity index is 2.46. The maximum Gasteiger partial charge on any atom is 0.337 e. The van der Waals surface area contributed by atoms with E-state index < -0.39 is 15.7 Å². The predicted octanol–water partition coefficient (Wildman–Crippen LogP) is 2.64. The van der Waals surface area contributed by atoms with Gasteiger partial charge in [0.1, 0.15) is 9.73 Å². The first-order valence-electron chi connectivity index (χ1n) is 5.84. The molecule has 5 nitrogen and oxygen atoms in total. The molecule has 1 unspecified atom stereocenters. The highest BCUT2D eigenvalue weighted by Gasteiger charge is 2.16. The monoisotopic (exact) mass is 290 g/mol.